The van der Waals surface area contributed by atoms with Crippen LogP contribution in [0.5, 0.6) is 11.5 Å². The molecule has 8 aromatic carbocycles. The summed E-state index contributed by atoms with van der Waals surface area (Å²) in [4.78, 5) is 4.76. The smallest absolute Gasteiger partial charge is 0.257 e. The summed E-state index contributed by atoms with van der Waals surface area (Å²) in [7, 11) is 0. The number of hydrogen-bond donors (Lipinski definition) is 0. The molecular formula is C53H41BN2O. The molecule has 3 nitrogen and oxygen atoms in total. The van der Waals surface area contributed by atoms with Gasteiger partial charge in [-0.2, -0.15) is 0 Å². The van der Waals surface area contributed by atoms with Crippen LogP contribution in [-0.2, 0) is 0 Å². The molecule has 57 heavy (non-hydrogen) atoms. The van der Waals surface area contributed by atoms with Crippen molar-refractivity contribution in [3.63, 3.8) is 0 Å². The minimum absolute atomic E-state index is 0.0108. The first-order chi connectivity index (χ1) is 28.2. The lowest BCUT2D eigenvalue weighted by Gasteiger charge is -2.41. The van der Waals surface area contributed by atoms with Gasteiger partial charge in [0.2, 0.25) is 0 Å². The third-order valence-corrected chi connectivity index (χ3v) is 11.4. The van der Waals surface area contributed by atoms with Gasteiger partial charge in [-0.3, -0.25) is 0 Å². The van der Waals surface area contributed by atoms with Gasteiger partial charge in [0.15, 0.2) is 0 Å². The molecule has 0 N–H and O–H groups in total. The van der Waals surface area contributed by atoms with E-state index in [1.165, 1.54) is 55.1 Å². The van der Waals surface area contributed by atoms with Crippen molar-refractivity contribution < 1.29 is 4.74 Å². The highest BCUT2D eigenvalue weighted by Gasteiger charge is 2.42. The fraction of sp³-hybridized carbons (Fsp3) is 0.0566. The Morgan fingerprint density at radius 2 is 1.16 bits per heavy atom. The van der Waals surface area contributed by atoms with Crippen LogP contribution in [0, 0.1) is 0 Å². The van der Waals surface area contributed by atoms with Gasteiger partial charge in [-0.05, 0) is 117 Å². The molecule has 0 spiro atoms. The van der Waals surface area contributed by atoms with E-state index < -0.39 is 0 Å². The molecule has 10 rings (SSSR count). The number of anilines is 5. The second-order valence-electron chi connectivity index (χ2n) is 14.7. The summed E-state index contributed by atoms with van der Waals surface area (Å²) >= 11 is 0. The van der Waals surface area contributed by atoms with Crippen LogP contribution in [0.3, 0.4) is 0 Å². The fourth-order valence-corrected chi connectivity index (χ4v) is 8.71. The van der Waals surface area contributed by atoms with Crippen molar-refractivity contribution in [3.8, 4) is 33.8 Å². The van der Waals surface area contributed by atoms with Gasteiger partial charge in [0, 0.05) is 40.2 Å². The van der Waals surface area contributed by atoms with Crippen molar-refractivity contribution >= 4 is 62.3 Å². The van der Waals surface area contributed by atoms with Gasteiger partial charge in [-0.25, -0.2) is 0 Å². The van der Waals surface area contributed by atoms with E-state index in [0.29, 0.717) is 0 Å². The van der Waals surface area contributed by atoms with E-state index in [0.717, 1.165) is 46.4 Å². The highest BCUT2D eigenvalue weighted by atomic mass is 16.5. The Labute approximate surface area is 335 Å². The first kappa shape index (κ1) is 34.5. The summed E-state index contributed by atoms with van der Waals surface area (Å²) in [6.45, 7) is 4.30. The molecule has 2 heterocycles. The van der Waals surface area contributed by atoms with Crippen LogP contribution in [0.15, 0.2) is 206 Å². The van der Waals surface area contributed by atoms with Crippen LogP contribution in [-0.4, -0.2) is 6.71 Å². The van der Waals surface area contributed by atoms with E-state index in [1.54, 1.807) is 0 Å². The van der Waals surface area contributed by atoms with Gasteiger partial charge >= 0.3 is 0 Å². The molecule has 0 amide bonds. The first-order valence-corrected chi connectivity index (χ1v) is 19.9. The van der Waals surface area contributed by atoms with Crippen LogP contribution in [0.25, 0.3) is 33.0 Å². The highest BCUT2D eigenvalue weighted by molar-refractivity contribution is 7.00. The van der Waals surface area contributed by atoms with Gasteiger partial charge in [-0.15, -0.1) is 0 Å². The van der Waals surface area contributed by atoms with Gasteiger partial charge in [0.25, 0.3) is 6.71 Å². The predicted octanol–water partition coefficient (Wildman–Crippen LogP) is 12.6. The minimum atomic E-state index is -0.0108. The zero-order chi connectivity index (χ0) is 38.3. The predicted molar refractivity (Wildman–Crippen MR) is 242 cm³/mol. The molecule has 0 fully saturated rings. The largest absolute Gasteiger partial charge is 0.458 e. The maximum Gasteiger partial charge on any atom is 0.257 e. The third-order valence-electron chi connectivity index (χ3n) is 11.4. The summed E-state index contributed by atoms with van der Waals surface area (Å²) in [6, 6.07) is 65.5. The zero-order valence-electron chi connectivity index (χ0n) is 32.1. The molecule has 2 aliphatic heterocycles. The highest BCUT2D eigenvalue weighted by Crippen LogP contribution is 2.43. The Morgan fingerprint density at radius 3 is 1.81 bits per heavy atom. The molecule has 0 atom stereocenters. The summed E-state index contributed by atoms with van der Waals surface area (Å²) < 4.78 is 7.02. The van der Waals surface area contributed by atoms with Crippen molar-refractivity contribution in [3.05, 3.63) is 206 Å². The lowest BCUT2D eigenvalue weighted by molar-refractivity contribution is 0.487. The van der Waals surface area contributed by atoms with E-state index in [9.17, 15) is 0 Å². The van der Waals surface area contributed by atoms with Gasteiger partial charge in [0.1, 0.15) is 11.5 Å². The van der Waals surface area contributed by atoms with Crippen LogP contribution in [0.4, 0.5) is 28.4 Å². The second-order valence-corrected chi connectivity index (χ2v) is 14.7. The standard InChI is InChI=1S/C53H41BN2O/c1-3-5-20-42(4-2)56-48-22-14-23-50-53(48)54(52-46-21-13-12-19-41(46)28-35-49(52)56)47-34-33-45(36-51(47)57-50)55(43-29-24-39(25-30-43)37-15-8-6-9-16-37)44-31-26-40(27-32-44)38-17-10-7-11-18-38/h4-36H,3H2,1-2H3/b20-5-,42-4+. The van der Waals surface area contributed by atoms with E-state index in [-0.39, 0.29) is 6.71 Å². The monoisotopic (exact) mass is 732 g/mol. The summed E-state index contributed by atoms with van der Waals surface area (Å²) in [5.41, 5.74) is 15.1. The molecule has 8 aromatic rings. The molecule has 272 valence electrons. The lowest BCUT2D eigenvalue weighted by atomic mass is 9.33. The Bertz CT molecular complexity index is 2730. The van der Waals surface area contributed by atoms with E-state index in [1.807, 2.05) is 0 Å². The van der Waals surface area contributed by atoms with Crippen LogP contribution in [0.2, 0.25) is 0 Å². The summed E-state index contributed by atoms with van der Waals surface area (Å²) in [5.74, 6) is 1.77. The molecule has 0 aromatic heterocycles. The number of benzene rings is 8. The van der Waals surface area contributed by atoms with Crippen molar-refractivity contribution in [2.24, 2.45) is 0 Å². The maximum absolute atomic E-state index is 7.02. The average Bonchev–Trinajstić information content (AvgIpc) is 3.28. The fourth-order valence-electron chi connectivity index (χ4n) is 8.71. The Kier molecular flexibility index (Phi) is 8.80. The van der Waals surface area contributed by atoms with E-state index in [2.05, 4.69) is 224 Å². The van der Waals surface area contributed by atoms with Gasteiger partial charge in [-0.1, -0.05) is 146 Å². The number of rotatable bonds is 8. The van der Waals surface area contributed by atoms with Crippen molar-refractivity contribution in [1.82, 2.24) is 0 Å². The number of nitrogens with zero attached hydrogens (tertiary/aromatic N) is 2. The van der Waals surface area contributed by atoms with Crippen molar-refractivity contribution in [1.29, 1.82) is 0 Å². The first-order valence-electron chi connectivity index (χ1n) is 19.9. The molecule has 0 aliphatic carbocycles. The quantitative estimate of drug-likeness (QED) is 0.114. The Balaban J connectivity index is 1.13. The molecule has 0 unspecified atom stereocenters. The Hall–Kier alpha value is -7.04. The maximum atomic E-state index is 7.02. The normalized spacial score (nSPS) is 12.9. The topological polar surface area (TPSA) is 15.7 Å². The summed E-state index contributed by atoms with van der Waals surface area (Å²) in [5, 5.41) is 2.49. The SMILES string of the molecule is C/C=C(\C=C/CC)N1c2cccc3c2B(c2ccc(N(c4ccc(-c5ccccc5)cc4)c4ccc(-c5ccccc5)cc4)cc2O3)c2c1ccc1ccccc21. The molecule has 4 heteroatoms. The molecule has 0 radical (unpaired) electrons. The van der Waals surface area contributed by atoms with E-state index >= 15 is 0 Å². The number of fused-ring (bicyclic) bond motifs is 6. The zero-order valence-corrected chi connectivity index (χ0v) is 32.1. The second kappa shape index (κ2) is 14.6. The third kappa shape index (κ3) is 6.02. The minimum Gasteiger partial charge on any atom is -0.458 e. The van der Waals surface area contributed by atoms with Crippen LogP contribution < -0.4 is 30.9 Å². The number of allylic oxidation sites excluding steroid dienone is 3. The van der Waals surface area contributed by atoms with Gasteiger partial charge in [0.05, 0.1) is 0 Å². The molecule has 2 aliphatic rings. The van der Waals surface area contributed by atoms with Crippen LogP contribution >= 0.6 is 0 Å². The lowest BCUT2D eigenvalue weighted by Crippen LogP contribution is -2.60. The molecular weight excluding hydrogens is 691 g/mol. The van der Waals surface area contributed by atoms with Crippen molar-refractivity contribution in [2.75, 3.05) is 9.80 Å². The number of hydrogen-bond acceptors (Lipinski definition) is 3. The summed E-state index contributed by atoms with van der Waals surface area (Å²) in [6.07, 6.45) is 7.66. The molecule has 0 saturated carbocycles. The number of ether oxygens (including phenoxy) is 1. The van der Waals surface area contributed by atoms with Crippen molar-refractivity contribution in [2.45, 2.75) is 20.3 Å². The van der Waals surface area contributed by atoms with Gasteiger partial charge < -0.3 is 14.5 Å². The molecule has 0 saturated heterocycles. The van der Waals surface area contributed by atoms with E-state index in [4.69, 9.17) is 4.74 Å². The Morgan fingerprint density at radius 1 is 0.561 bits per heavy atom. The molecule has 0 bridgehead atoms. The average molecular weight is 733 g/mol. The van der Waals surface area contributed by atoms with Crippen LogP contribution in [0.1, 0.15) is 20.3 Å².